The Kier molecular flexibility index (Phi) is 4.43. The third kappa shape index (κ3) is 2.91. The van der Waals surface area contributed by atoms with Gasteiger partial charge in [0.15, 0.2) is 18.1 Å². The van der Waals surface area contributed by atoms with E-state index >= 15 is 0 Å². The van der Waals surface area contributed by atoms with Crippen molar-refractivity contribution in [2.75, 3.05) is 19.8 Å². The first-order valence-corrected chi connectivity index (χ1v) is 7.72. The van der Waals surface area contributed by atoms with Crippen molar-refractivity contribution in [1.82, 2.24) is 0 Å². The fourth-order valence-electron chi connectivity index (χ4n) is 3.36. The minimum atomic E-state index is -1.60. The molecule has 1 saturated heterocycles. The first-order valence-electron chi connectivity index (χ1n) is 7.72. The molecule has 1 aliphatic heterocycles. The van der Waals surface area contributed by atoms with Crippen LogP contribution < -0.4 is 0 Å². The van der Waals surface area contributed by atoms with Crippen LogP contribution in [0, 0.1) is 0 Å². The topological polar surface area (TPSA) is 27.7 Å². The molecule has 0 aromatic heterocycles. The Morgan fingerprint density at radius 2 is 2.05 bits per heavy atom. The van der Waals surface area contributed by atoms with E-state index in [4.69, 9.17) is 14.2 Å². The summed E-state index contributed by atoms with van der Waals surface area (Å²) < 4.78 is 45.0. The van der Waals surface area contributed by atoms with Gasteiger partial charge in [-0.05, 0) is 30.9 Å². The summed E-state index contributed by atoms with van der Waals surface area (Å²) in [7, 11) is 0. The average Bonchev–Trinajstić information content (AvgIpc) is 2.94. The Hall–Kier alpha value is -0.780. The fraction of sp³-hybridized carbons (Fsp3) is 0.750. The number of halogens is 2. The van der Waals surface area contributed by atoms with Crippen molar-refractivity contribution in [3.8, 4) is 0 Å². The number of allylic oxidation sites excluding steroid dienone is 2. The third-order valence-electron chi connectivity index (χ3n) is 4.50. The molecule has 3 aliphatic rings. The Bertz CT molecular complexity index is 441. The van der Waals surface area contributed by atoms with Crippen LogP contribution in [-0.2, 0) is 14.2 Å². The standard InChI is InChI=1S/C16H22F2O3/c1-2-19-13-4-3-12(14(17)15(13)18)11-5-7-16(8-6-11)20-9-10-21-16/h3,5,13-15H,2,4,6-10H2,1H3. The second kappa shape index (κ2) is 6.15. The third-order valence-corrected chi connectivity index (χ3v) is 4.50. The van der Waals surface area contributed by atoms with Gasteiger partial charge in [-0.2, -0.15) is 0 Å². The first-order chi connectivity index (χ1) is 10.2. The van der Waals surface area contributed by atoms with E-state index in [1.807, 2.05) is 6.08 Å². The van der Waals surface area contributed by atoms with Crippen LogP contribution in [0.2, 0.25) is 0 Å². The van der Waals surface area contributed by atoms with E-state index < -0.39 is 24.2 Å². The number of rotatable bonds is 3. The number of ether oxygens (including phenoxy) is 3. The number of hydrogen-bond donors (Lipinski definition) is 0. The van der Waals surface area contributed by atoms with Gasteiger partial charge in [0, 0.05) is 19.4 Å². The van der Waals surface area contributed by atoms with Crippen molar-refractivity contribution in [3.63, 3.8) is 0 Å². The van der Waals surface area contributed by atoms with Crippen LogP contribution >= 0.6 is 0 Å². The summed E-state index contributed by atoms with van der Waals surface area (Å²) in [6.07, 6.45) is 2.31. The molecule has 0 bridgehead atoms. The maximum absolute atomic E-state index is 14.3. The summed E-state index contributed by atoms with van der Waals surface area (Å²) in [5.41, 5.74) is 1.39. The van der Waals surface area contributed by atoms with Crippen molar-refractivity contribution in [2.24, 2.45) is 0 Å². The fourth-order valence-corrected chi connectivity index (χ4v) is 3.36. The molecule has 0 radical (unpaired) electrons. The second-order valence-corrected chi connectivity index (χ2v) is 5.78. The lowest BCUT2D eigenvalue weighted by Gasteiger charge is -2.34. The van der Waals surface area contributed by atoms with Gasteiger partial charge in [-0.15, -0.1) is 0 Å². The van der Waals surface area contributed by atoms with Crippen LogP contribution in [0.25, 0.3) is 0 Å². The lowest BCUT2D eigenvalue weighted by Crippen LogP contribution is -2.39. The SMILES string of the molecule is CCOC1CC=C(C2=CCC3(CC2)OCCO3)C(F)C1F. The van der Waals surface area contributed by atoms with Gasteiger partial charge in [-0.1, -0.05) is 12.2 Å². The van der Waals surface area contributed by atoms with Crippen LogP contribution in [0.15, 0.2) is 23.3 Å². The summed E-state index contributed by atoms with van der Waals surface area (Å²) in [5, 5.41) is 0. The van der Waals surface area contributed by atoms with Crippen molar-refractivity contribution >= 4 is 0 Å². The highest BCUT2D eigenvalue weighted by Gasteiger charge is 2.41. The molecule has 118 valence electrons. The molecule has 1 heterocycles. The van der Waals surface area contributed by atoms with Gasteiger partial charge in [0.05, 0.1) is 19.3 Å². The molecule has 0 amide bonds. The Morgan fingerprint density at radius 1 is 1.29 bits per heavy atom. The Labute approximate surface area is 123 Å². The van der Waals surface area contributed by atoms with Crippen LogP contribution in [0.1, 0.15) is 32.6 Å². The molecular formula is C16H22F2O3. The van der Waals surface area contributed by atoms with Crippen LogP contribution in [-0.4, -0.2) is 44.1 Å². The highest BCUT2D eigenvalue weighted by Crippen LogP contribution is 2.40. The van der Waals surface area contributed by atoms with Crippen LogP contribution in [0.4, 0.5) is 8.78 Å². The van der Waals surface area contributed by atoms with Crippen LogP contribution in [0.3, 0.4) is 0 Å². The van der Waals surface area contributed by atoms with E-state index in [9.17, 15) is 8.78 Å². The molecule has 0 N–H and O–H groups in total. The molecule has 3 atom stereocenters. The van der Waals surface area contributed by atoms with Crippen molar-refractivity contribution in [1.29, 1.82) is 0 Å². The van der Waals surface area contributed by atoms with Gasteiger partial charge in [-0.3, -0.25) is 0 Å². The van der Waals surface area contributed by atoms with Gasteiger partial charge in [0.25, 0.3) is 0 Å². The predicted molar refractivity (Wildman–Crippen MR) is 74.5 cm³/mol. The Balaban J connectivity index is 1.71. The molecule has 3 nitrogen and oxygen atoms in total. The summed E-state index contributed by atoms with van der Waals surface area (Å²) in [4.78, 5) is 0. The normalized spacial score (nSPS) is 35.7. The van der Waals surface area contributed by atoms with E-state index in [0.717, 1.165) is 5.57 Å². The maximum Gasteiger partial charge on any atom is 0.172 e. The number of alkyl halides is 2. The molecule has 3 rings (SSSR count). The molecule has 0 saturated carbocycles. The zero-order valence-electron chi connectivity index (χ0n) is 12.3. The summed E-state index contributed by atoms with van der Waals surface area (Å²) >= 11 is 0. The molecule has 5 heteroatoms. The Morgan fingerprint density at radius 3 is 2.67 bits per heavy atom. The largest absolute Gasteiger partial charge is 0.375 e. The van der Waals surface area contributed by atoms with Gasteiger partial charge in [0.2, 0.25) is 0 Å². The smallest absolute Gasteiger partial charge is 0.172 e. The van der Waals surface area contributed by atoms with Crippen LogP contribution in [0.5, 0.6) is 0 Å². The molecule has 0 aromatic rings. The highest BCUT2D eigenvalue weighted by molar-refractivity contribution is 5.38. The predicted octanol–water partition coefficient (Wildman–Crippen LogP) is 3.25. The summed E-state index contributed by atoms with van der Waals surface area (Å²) in [6, 6.07) is 0. The zero-order valence-corrected chi connectivity index (χ0v) is 12.3. The molecule has 3 unspecified atom stereocenters. The van der Waals surface area contributed by atoms with Gasteiger partial charge < -0.3 is 14.2 Å². The summed E-state index contributed by atoms with van der Waals surface area (Å²) in [6.45, 7) is 3.42. The summed E-state index contributed by atoms with van der Waals surface area (Å²) in [5.74, 6) is -0.520. The van der Waals surface area contributed by atoms with E-state index in [0.29, 0.717) is 51.1 Å². The van der Waals surface area contributed by atoms with Crippen molar-refractivity contribution in [2.45, 2.75) is 56.8 Å². The molecule has 2 aliphatic carbocycles. The van der Waals surface area contributed by atoms with E-state index in [1.54, 1.807) is 13.0 Å². The quantitative estimate of drug-likeness (QED) is 0.801. The molecular weight excluding hydrogens is 278 g/mol. The second-order valence-electron chi connectivity index (χ2n) is 5.78. The van der Waals surface area contributed by atoms with E-state index in [1.165, 1.54) is 0 Å². The highest BCUT2D eigenvalue weighted by atomic mass is 19.2. The molecule has 0 aromatic carbocycles. The van der Waals surface area contributed by atoms with E-state index in [2.05, 4.69) is 0 Å². The molecule has 21 heavy (non-hydrogen) atoms. The number of hydrogen-bond acceptors (Lipinski definition) is 3. The van der Waals surface area contributed by atoms with E-state index in [-0.39, 0.29) is 0 Å². The first kappa shape index (κ1) is 15.1. The average molecular weight is 300 g/mol. The van der Waals surface area contributed by atoms with Gasteiger partial charge in [-0.25, -0.2) is 8.78 Å². The monoisotopic (exact) mass is 300 g/mol. The molecule has 1 spiro atoms. The molecule has 1 fully saturated rings. The zero-order chi connectivity index (χ0) is 14.9. The lowest BCUT2D eigenvalue weighted by molar-refractivity contribution is -0.161. The van der Waals surface area contributed by atoms with Crippen molar-refractivity contribution in [3.05, 3.63) is 23.3 Å². The van der Waals surface area contributed by atoms with Gasteiger partial charge >= 0.3 is 0 Å². The van der Waals surface area contributed by atoms with Crippen molar-refractivity contribution < 1.29 is 23.0 Å². The lowest BCUT2D eigenvalue weighted by atomic mass is 9.83. The maximum atomic E-state index is 14.3. The minimum absolute atomic E-state index is 0.404. The van der Waals surface area contributed by atoms with Gasteiger partial charge in [0.1, 0.15) is 0 Å². The minimum Gasteiger partial charge on any atom is -0.375 e.